The van der Waals surface area contributed by atoms with Crippen molar-refractivity contribution in [2.75, 3.05) is 12.3 Å². The Bertz CT molecular complexity index is 629. The first-order valence-corrected chi connectivity index (χ1v) is 6.59. The molecule has 20 heavy (non-hydrogen) atoms. The fourth-order valence-corrected chi connectivity index (χ4v) is 1.90. The number of benzene rings is 2. The summed E-state index contributed by atoms with van der Waals surface area (Å²) >= 11 is 5.91. The minimum absolute atomic E-state index is 0.204. The number of hydrogen-bond acceptors (Lipinski definition) is 3. The first kappa shape index (κ1) is 14.2. The highest BCUT2D eigenvalue weighted by Gasteiger charge is 2.13. The lowest BCUT2D eigenvalue weighted by Crippen LogP contribution is -2.23. The van der Waals surface area contributed by atoms with Gasteiger partial charge in [-0.15, -0.1) is 0 Å². The van der Waals surface area contributed by atoms with E-state index in [9.17, 15) is 4.79 Å². The number of amides is 1. The summed E-state index contributed by atoms with van der Waals surface area (Å²) in [6.45, 7) is 2.40. The predicted octanol–water partition coefficient (Wildman–Crippen LogP) is 3.46. The van der Waals surface area contributed by atoms with Gasteiger partial charge in [0.25, 0.3) is 5.91 Å². The summed E-state index contributed by atoms with van der Waals surface area (Å²) in [6, 6.07) is 11.9. The number of anilines is 1. The molecule has 0 fully saturated rings. The largest absolute Gasteiger partial charge is 0.456 e. The Hall–Kier alpha value is -2.20. The first-order chi connectivity index (χ1) is 9.60. The van der Waals surface area contributed by atoms with E-state index in [1.54, 1.807) is 42.5 Å². The van der Waals surface area contributed by atoms with Gasteiger partial charge in [0.05, 0.1) is 5.56 Å². The van der Waals surface area contributed by atoms with E-state index in [1.807, 2.05) is 6.92 Å². The van der Waals surface area contributed by atoms with E-state index in [2.05, 4.69) is 5.32 Å². The summed E-state index contributed by atoms with van der Waals surface area (Å²) in [5, 5.41) is 3.29. The van der Waals surface area contributed by atoms with Crippen molar-refractivity contribution in [2.24, 2.45) is 0 Å². The van der Waals surface area contributed by atoms with Gasteiger partial charge in [-0.25, -0.2) is 0 Å². The van der Waals surface area contributed by atoms with Crippen molar-refractivity contribution in [1.29, 1.82) is 0 Å². The minimum atomic E-state index is -0.204. The maximum atomic E-state index is 12.0. The second kappa shape index (κ2) is 6.30. The molecule has 1 amide bonds. The molecule has 0 saturated carbocycles. The van der Waals surface area contributed by atoms with Crippen LogP contribution in [0.15, 0.2) is 42.5 Å². The van der Waals surface area contributed by atoms with Crippen LogP contribution in [-0.2, 0) is 0 Å². The minimum Gasteiger partial charge on any atom is -0.456 e. The maximum Gasteiger partial charge on any atom is 0.255 e. The summed E-state index contributed by atoms with van der Waals surface area (Å²) in [4.78, 5) is 12.0. The van der Waals surface area contributed by atoms with Crippen molar-refractivity contribution in [1.82, 2.24) is 5.32 Å². The van der Waals surface area contributed by atoms with Crippen molar-refractivity contribution in [3.63, 3.8) is 0 Å². The smallest absolute Gasteiger partial charge is 0.255 e. The summed E-state index contributed by atoms with van der Waals surface area (Å²) in [7, 11) is 0. The monoisotopic (exact) mass is 290 g/mol. The molecule has 0 aliphatic carbocycles. The summed E-state index contributed by atoms with van der Waals surface area (Å²) in [5.74, 6) is 0.747. The highest BCUT2D eigenvalue weighted by atomic mass is 35.5. The summed E-state index contributed by atoms with van der Waals surface area (Å²) in [5.41, 5.74) is 6.70. The molecule has 2 aromatic rings. The molecule has 0 bridgehead atoms. The van der Waals surface area contributed by atoms with Crippen molar-refractivity contribution >= 4 is 23.2 Å². The molecule has 0 unspecified atom stereocenters. The maximum absolute atomic E-state index is 12.0. The van der Waals surface area contributed by atoms with Crippen LogP contribution in [0.3, 0.4) is 0 Å². The van der Waals surface area contributed by atoms with E-state index in [0.29, 0.717) is 34.3 Å². The molecule has 2 rings (SSSR count). The molecule has 0 spiro atoms. The number of hydrogen-bond donors (Lipinski definition) is 2. The Morgan fingerprint density at radius 1 is 1.30 bits per heavy atom. The molecule has 4 nitrogen and oxygen atoms in total. The number of carbonyl (C=O) groups excluding carboxylic acids is 1. The average Bonchev–Trinajstić information content (AvgIpc) is 2.39. The SMILES string of the molecule is CCNC(=O)c1ccc(N)cc1Oc1cccc(Cl)c1. The van der Waals surface area contributed by atoms with E-state index in [1.165, 1.54) is 0 Å². The molecule has 5 heteroatoms. The van der Waals surface area contributed by atoms with Gasteiger partial charge in [-0.2, -0.15) is 0 Å². The quantitative estimate of drug-likeness (QED) is 0.848. The van der Waals surface area contributed by atoms with Crippen LogP contribution < -0.4 is 15.8 Å². The van der Waals surface area contributed by atoms with E-state index >= 15 is 0 Å². The summed E-state index contributed by atoms with van der Waals surface area (Å²) in [6.07, 6.45) is 0. The lowest BCUT2D eigenvalue weighted by Gasteiger charge is -2.12. The zero-order valence-electron chi connectivity index (χ0n) is 11.0. The first-order valence-electron chi connectivity index (χ1n) is 6.21. The summed E-state index contributed by atoms with van der Waals surface area (Å²) < 4.78 is 5.71. The van der Waals surface area contributed by atoms with Gasteiger partial charge < -0.3 is 15.8 Å². The van der Waals surface area contributed by atoms with Crippen molar-refractivity contribution in [3.05, 3.63) is 53.1 Å². The van der Waals surface area contributed by atoms with Gasteiger partial charge >= 0.3 is 0 Å². The van der Waals surface area contributed by atoms with Crippen LogP contribution in [0.5, 0.6) is 11.5 Å². The second-order valence-corrected chi connectivity index (χ2v) is 4.61. The van der Waals surface area contributed by atoms with Crippen LogP contribution in [0.2, 0.25) is 5.02 Å². The third kappa shape index (κ3) is 3.42. The van der Waals surface area contributed by atoms with Crippen molar-refractivity contribution in [3.8, 4) is 11.5 Å². The third-order valence-electron chi connectivity index (χ3n) is 2.61. The zero-order valence-corrected chi connectivity index (χ0v) is 11.8. The van der Waals surface area contributed by atoms with Gasteiger partial charge in [0, 0.05) is 23.3 Å². The molecule has 2 aromatic carbocycles. The second-order valence-electron chi connectivity index (χ2n) is 4.17. The highest BCUT2D eigenvalue weighted by Crippen LogP contribution is 2.29. The molecule has 0 aliphatic rings. The fraction of sp³-hybridized carbons (Fsp3) is 0.133. The molecule has 3 N–H and O–H groups in total. The highest BCUT2D eigenvalue weighted by molar-refractivity contribution is 6.30. The van der Waals surface area contributed by atoms with Crippen LogP contribution in [-0.4, -0.2) is 12.5 Å². The number of rotatable bonds is 4. The molecule has 0 atom stereocenters. The number of nitrogens with one attached hydrogen (secondary N) is 1. The van der Waals surface area contributed by atoms with Gasteiger partial charge in [0.15, 0.2) is 0 Å². The Labute approximate surface area is 122 Å². The van der Waals surface area contributed by atoms with Gasteiger partial charge in [0.1, 0.15) is 11.5 Å². The van der Waals surface area contributed by atoms with E-state index in [4.69, 9.17) is 22.1 Å². The van der Waals surface area contributed by atoms with Crippen LogP contribution in [0, 0.1) is 0 Å². The van der Waals surface area contributed by atoms with Crippen molar-refractivity contribution in [2.45, 2.75) is 6.92 Å². The van der Waals surface area contributed by atoms with E-state index < -0.39 is 0 Å². The number of halogens is 1. The molecule has 0 radical (unpaired) electrons. The van der Waals surface area contributed by atoms with Crippen LogP contribution in [0.25, 0.3) is 0 Å². The standard InChI is InChI=1S/C15H15ClN2O2/c1-2-18-15(19)13-7-6-11(17)9-14(13)20-12-5-3-4-10(16)8-12/h3-9H,2,17H2,1H3,(H,18,19). The predicted molar refractivity (Wildman–Crippen MR) is 80.4 cm³/mol. The molecule has 0 heterocycles. The third-order valence-corrected chi connectivity index (χ3v) is 2.85. The van der Waals surface area contributed by atoms with Crippen LogP contribution in [0.1, 0.15) is 17.3 Å². The normalized spacial score (nSPS) is 10.1. The number of ether oxygens (including phenoxy) is 1. The Morgan fingerprint density at radius 2 is 2.10 bits per heavy atom. The zero-order chi connectivity index (χ0) is 14.5. The number of nitrogen functional groups attached to an aromatic ring is 1. The Balaban J connectivity index is 2.34. The lowest BCUT2D eigenvalue weighted by molar-refractivity contribution is 0.0953. The molecule has 0 saturated heterocycles. The molecular formula is C15H15ClN2O2. The molecule has 0 aliphatic heterocycles. The topological polar surface area (TPSA) is 64.4 Å². The lowest BCUT2D eigenvalue weighted by atomic mass is 10.1. The van der Waals surface area contributed by atoms with E-state index in [-0.39, 0.29) is 5.91 Å². The van der Waals surface area contributed by atoms with Gasteiger partial charge in [-0.1, -0.05) is 17.7 Å². The van der Waals surface area contributed by atoms with Crippen molar-refractivity contribution < 1.29 is 9.53 Å². The Kier molecular flexibility index (Phi) is 4.48. The molecular weight excluding hydrogens is 276 g/mol. The van der Waals surface area contributed by atoms with Gasteiger partial charge in [-0.05, 0) is 37.3 Å². The average molecular weight is 291 g/mol. The number of carbonyl (C=O) groups is 1. The van der Waals surface area contributed by atoms with Crippen LogP contribution >= 0.6 is 11.6 Å². The Morgan fingerprint density at radius 3 is 2.80 bits per heavy atom. The fourth-order valence-electron chi connectivity index (χ4n) is 1.72. The molecule has 104 valence electrons. The van der Waals surface area contributed by atoms with E-state index in [0.717, 1.165) is 0 Å². The molecule has 0 aromatic heterocycles. The van der Waals surface area contributed by atoms with Gasteiger partial charge in [0.2, 0.25) is 0 Å². The number of nitrogens with two attached hydrogens (primary N) is 1. The van der Waals surface area contributed by atoms with Crippen LogP contribution in [0.4, 0.5) is 5.69 Å². The van der Waals surface area contributed by atoms with Gasteiger partial charge in [-0.3, -0.25) is 4.79 Å².